The quantitative estimate of drug-likeness (QED) is 0.0195. The Labute approximate surface area is 498 Å². The van der Waals surface area contributed by atoms with E-state index in [0.717, 1.165) is 128 Å². The number of carbonyl (C=O) groups is 2. The maximum Gasteiger partial charge on any atom is 0.306 e. The molecule has 6 N–H and O–H groups in total. The van der Waals surface area contributed by atoms with Crippen LogP contribution in [-0.2, 0) is 23.8 Å². The van der Waals surface area contributed by atoms with Crippen molar-refractivity contribution in [2.45, 2.75) is 275 Å². The maximum atomic E-state index is 13.4. The molecule has 1 saturated heterocycles. The number of carbonyl (C=O) groups excluding carboxylic acids is 2. The first-order valence-electron chi connectivity index (χ1n) is 32.1. The van der Waals surface area contributed by atoms with Crippen LogP contribution in [-0.4, -0.2) is 99.6 Å². The van der Waals surface area contributed by atoms with E-state index < -0.39 is 67.4 Å². The zero-order valence-corrected chi connectivity index (χ0v) is 51.3. The standard InChI is InChI=1S/C71H115NO10/c1-4-7-10-13-16-19-22-25-27-29-31-32-33-35-36-38-40-43-46-49-52-55-58-64(75)70(79)72-62(63(74)57-54-51-48-45-42-24-21-18-15-12-9-6-3)61-80-71-69(68(78)67(77)65(60-73)81-71)82-66(76)59-56-53-50-47-44-41-39-37-34-30-28-26-23-20-17-14-11-8-5-2/h7-8,10-11,16-17,19-20,25-28,31-32,34-37,41,44,50,53-54,57,62-65,67-69,71,73-75,77-78H,4-6,9,12-15,18,21-24,29-30,33,38-40,42-43,45-49,51-52,55-56,58-61H2,1-3H3,(H,72,79)/b10-7-,11-8-,19-16-,20-17-,27-25-,28-26-,32-31-,36-35-,37-34-,44-41-,53-50-,57-54+. The number of aliphatic hydroxyl groups excluding tert-OH is 5. The van der Waals surface area contributed by atoms with Crippen molar-refractivity contribution in [1.82, 2.24) is 5.32 Å². The van der Waals surface area contributed by atoms with E-state index in [0.29, 0.717) is 19.3 Å². The van der Waals surface area contributed by atoms with Crippen molar-refractivity contribution >= 4 is 11.9 Å². The van der Waals surface area contributed by atoms with Gasteiger partial charge in [-0.25, -0.2) is 0 Å². The van der Waals surface area contributed by atoms with Gasteiger partial charge in [0.05, 0.1) is 25.4 Å². The molecule has 1 aliphatic heterocycles. The van der Waals surface area contributed by atoms with E-state index in [4.69, 9.17) is 14.2 Å². The molecule has 11 heteroatoms. The van der Waals surface area contributed by atoms with Crippen molar-refractivity contribution in [3.05, 3.63) is 146 Å². The molecule has 0 aliphatic carbocycles. The Bertz CT molecular complexity index is 1890. The van der Waals surface area contributed by atoms with E-state index in [1.54, 1.807) is 6.08 Å². The second-order valence-electron chi connectivity index (χ2n) is 21.4. The predicted molar refractivity (Wildman–Crippen MR) is 342 cm³/mol. The molecule has 1 rings (SSSR count). The van der Waals surface area contributed by atoms with Crippen molar-refractivity contribution in [2.24, 2.45) is 0 Å². The molecule has 11 nitrogen and oxygen atoms in total. The number of aliphatic hydroxyl groups is 5. The summed E-state index contributed by atoms with van der Waals surface area (Å²) in [4.78, 5) is 26.6. The normalized spacial score (nSPS) is 19.6. The van der Waals surface area contributed by atoms with E-state index in [1.165, 1.54) is 44.9 Å². The highest BCUT2D eigenvalue weighted by Gasteiger charge is 2.47. The van der Waals surface area contributed by atoms with Crippen molar-refractivity contribution < 1.29 is 49.3 Å². The van der Waals surface area contributed by atoms with Crippen LogP contribution in [0.1, 0.15) is 226 Å². The van der Waals surface area contributed by atoms with Crippen LogP contribution in [0.2, 0.25) is 0 Å². The average molecular weight is 1140 g/mol. The fourth-order valence-electron chi connectivity index (χ4n) is 9.00. The number of nitrogens with one attached hydrogen (secondary N) is 1. The zero-order chi connectivity index (χ0) is 59.6. The van der Waals surface area contributed by atoms with Crippen LogP contribution >= 0.6 is 0 Å². The van der Waals surface area contributed by atoms with Crippen LogP contribution < -0.4 is 5.32 Å². The van der Waals surface area contributed by atoms with E-state index in [1.807, 2.05) is 18.2 Å². The van der Waals surface area contributed by atoms with Crippen LogP contribution in [0, 0.1) is 0 Å². The largest absolute Gasteiger partial charge is 0.454 e. The summed E-state index contributed by atoms with van der Waals surface area (Å²) in [5.74, 6) is -1.31. The van der Waals surface area contributed by atoms with Gasteiger partial charge in [-0.3, -0.25) is 9.59 Å². The van der Waals surface area contributed by atoms with Gasteiger partial charge in [0.2, 0.25) is 5.91 Å². The highest BCUT2D eigenvalue weighted by molar-refractivity contribution is 5.80. The number of esters is 1. The second kappa shape index (κ2) is 57.0. The van der Waals surface area contributed by atoms with Gasteiger partial charge in [0, 0.05) is 6.42 Å². The van der Waals surface area contributed by atoms with Gasteiger partial charge >= 0.3 is 5.97 Å². The second-order valence-corrected chi connectivity index (χ2v) is 21.4. The van der Waals surface area contributed by atoms with Crippen LogP contribution in [0.3, 0.4) is 0 Å². The summed E-state index contributed by atoms with van der Waals surface area (Å²) in [6.07, 6.45) is 71.7. The molecule has 0 aromatic heterocycles. The molecule has 1 heterocycles. The molecule has 1 aliphatic rings. The molecule has 0 bridgehead atoms. The molecule has 82 heavy (non-hydrogen) atoms. The summed E-state index contributed by atoms with van der Waals surface area (Å²) in [6.45, 7) is 5.50. The van der Waals surface area contributed by atoms with Gasteiger partial charge in [-0.05, 0) is 109 Å². The first kappa shape index (κ1) is 75.6. The monoisotopic (exact) mass is 1140 g/mol. The Morgan fingerprint density at radius 2 is 0.878 bits per heavy atom. The highest BCUT2D eigenvalue weighted by atomic mass is 16.7. The summed E-state index contributed by atoms with van der Waals surface area (Å²) in [6, 6.07) is -1.06. The van der Waals surface area contributed by atoms with Crippen LogP contribution in [0.15, 0.2) is 146 Å². The van der Waals surface area contributed by atoms with E-state index in [2.05, 4.69) is 148 Å². The van der Waals surface area contributed by atoms with Crippen LogP contribution in [0.5, 0.6) is 0 Å². The van der Waals surface area contributed by atoms with Gasteiger partial charge in [-0.2, -0.15) is 0 Å². The number of hydrogen-bond acceptors (Lipinski definition) is 10. The summed E-state index contributed by atoms with van der Waals surface area (Å²) in [7, 11) is 0. The van der Waals surface area contributed by atoms with E-state index in [-0.39, 0.29) is 19.4 Å². The topological polar surface area (TPSA) is 175 Å². The number of unbranched alkanes of at least 4 members (excludes halogenated alkanes) is 16. The smallest absolute Gasteiger partial charge is 0.306 e. The van der Waals surface area contributed by atoms with Gasteiger partial charge in [0.1, 0.15) is 24.4 Å². The van der Waals surface area contributed by atoms with Crippen molar-refractivity contribution in [3.8, 4) is 0 Å². The lowest BCUT2D eigenvalue weighted by molar-refractivity contribution is -0.305. The highest BCUT2D eigenvalue weighted by Crippen LogP contribution is 2.26. The molecular formula is C71H115NO10. The third-order valence-electron chi connectivity index (χ3n) is 14.0. The molecule has 1 fully saturated rings. The number of hydrogen-bond donors (Lipinski definition) is 6. The lowest BCUT2D eigenvalue weighted by Crippen LogP contribution is -2.61. The first-order chi connectivity index (χ1) is 40.2. The summed E-state index contributed by atoms with van der Waals surface area (Å²) in [5, 5.41) is 57.0. The van der Waals surface area contributed by atoms with E-state index >= 15 is 0 Å². The lowest BCUT2D eigenvalue weighted by atomic mass is 9.99. The Balaban J connectivity index is 2.72. The van der Waals surface area contributed by atoms with Crippen molar-refractivity contribution in [2.75, 3.05) is 13.2 Å². The Hall–Kier alpha value is -4.46. The molecular weight excluding hydrogens is 1030 g/mol. The molecule has 0 aromatic rings. The minimum Gasteiger partial charge on any atom is -0.454 e. The molecule has 0 saturated carbocycles. The number of amides is 1. The van der Waals surface area contributed by atoms with Crippen LogP contribution in [0.4, 0.5) is 0 Å². The third-order valence-corrected chi connectivity index (χ3v) is 14.0. The number of ether oxygens (including phenoxy) is 3. The fraction of sp³-hybridized carbons (Fsp3) is 0.634. The zero-order valence-electron chi connectivity index (χ0n) is 51.3. The fourth-order valence-corrected chi connectivity index (χ4v) is 9.00. The van der Waals surface area contributed by atoms with Gasteiger partial charge in [0.25, 0.3) is 0 Å². The molecule has 8 atom stereocenters. The number of allylic oxidation sites excluding steroid dienone is 23. The van der Waals surface area contributed by atoms with Crippen LogP contribution in [0.25, 0.3) is 0 Å². The Kier molecular flexibility index (Phi) is 52.5. The maximum absolute atomic E-state index is 13.4. The lowest BCUT2D eigenvalue weighted by Gasteiger charge is -2.41. The Morgan fingerprint density at radius 1 is 0.488 bits per heavy atom. The summed E-state index contributed by atoms with van der Waals surface area (Å²) in [5.41, 5.74) is 0. The number of rotatable bonds is 52. The minimum absolute atomic E-state index is 0.0113. The summed E-state index contributed by atoms with van der Waals surface area (Å²) >= 11 is 0. The molecule has 0 spiro atoms. The third kappa shape index (κ3) is 44.1. The predicted octanol–water partition coefficient (Wildman–Crippen LogP) is 15.8. The average Bonchev–Trinajstić information content (AvgIpc) is 3.44. The molecule has 1 amide bonds. The molecule has 8 unspecified atom stereocenters. The minimum atomic E-state index is -1.66. The molecule has 0 radical (unpaired) electrons. The van der Waals surface area contributed by atoms with Gasteiger partial charge in [-0.1, -0.05) is 256 Å². The van der Waals surface area contributed by atoms with Crippen molar-refractivity contribution in [1.29, 1.82) is 0 Å². The van der Waals surface area contributed by atoms with Gasteiger partial charge in [0.15, 0.2) is 12.4 Å². The van der Waals surface area contributed by atoms with Gasteiger partial charge < -0.3 is 45.1 Å². The van der Waals surface area contributed by atoms with Gasteiger partial charge in [-0.15, -0.1) is 0 Å². The Morgan fingerprint density at radius 3 is 1.32 bits per heavy atom. The first-order valence-corrected chi connectivity index (χ1v) is 32.1. The molecule has 0 aromatic carbocycles. The summed E-state index contributed by atoms with van der Waals surface area (Å²) < 4.78 is 17.5. The van der Waals surface area contributed by atoms with E-state index in [9.17, 15) is 35.1 Å². The SMILES string of the molecule is CC/C=C\C/C=C\C/C=C\C/C=C\C/C=C\C/C=C\CCC(=O)OC1C(OCC(NC(=O)C(O)CCCCCCCC/C=C\C/C=C\C/C=C\C/C=C\C/C=C\CC)C(O)/C=C/CCCCCCCCCCCC)OC(CO)C(O)C1O. The van der Waals surface area contributed by atoms with Crippen molar-refractivity contribution in [3.63, 3.8) is 0 Å². The molecule has 464 valence electrons.